The summed E-state index contributed by atoms with van der Waals surface area (Å²) in [5.41, 5.74) is 0.795. The van der Waals surface area contributed by atoms with E-state index in [4.69, 9.17) is 5.26 Å². The lowest BCUT2D eigenvalue weighted by Gasteiger charge is -1.97. The van der Waals surface area contributed by atoms with Crippen LogP contribution < -0.4 is 0 Å². The number of nitriles is 1. The van der Waals surface area contributed by atoms with Crippen molar-refractivity contribution in [1.29, 1.82) is 5.26 Å². The summed E-state index contributed by atoms with van der Waals surface area (Å²) in [5, 5.41) is 17.5. The first-order chi connectivity index (χ1) is 6.72. The van der Waals surface area contributed by atoms with E-state index in [0.29, 0.717) is 0 Å². The van der Waals surface area contributed by atoms with Crippen LogP contribution in [0.25, 0.3) is 6.08 Å². The second-order valence-electron chi connectivity index (χ2n) is 2.84. The van der Waals surface area contributed by atoms with Crippen molar-refractivity contribution in [1.82, 2.24) is 0 Å². The predicted molar refractivity (Wildman–Crippen MR) is 51.7 cm³/mol. The monoisotopic (exact) mass is 191 g/mol. The Bertz CT molecular complexity index is 351. The molecule has 0 aliphatic rings. The van der Waals surface area contributed by atoms with E-state index in [2.05, 4.69) is 0 Å². The molecule has 1 N–H and O–H groups in total. The molecular formula is C11H10FNO. The van der Waals surface area contributed by atoms with E-state index in [1.54, 1.807) is 18.2 Å². The smallest absolute Gasteiger partial charge is 0.123 e. The van der Waals surface area contributed by atoms with Crippen LogP contribution in [0.2, 0.25) is 0 Å². The molecule has 0 spiro atoms. The van der Waals surface area contributed by atoms with Gasteiger partial charge in [0.25, 0.3) is 0 Å². The molecule has 0 saturated carbocycles. The first-order valence-electron chi connectivity index (χ1n) is 4.21. The zero-order chi connectivity index (χ0) is 10.4. The minimum atomic E-state index is -0.759. The Labute approximate surface area is 81.9 Å². The molecule has 0 bridgehead atoms. The van der Waals surface area contributed by atoms with Gasteiger partial charge in [-0.1, -0.05) is 24.3 Å². The summed E-state index contributed by atoms with van der Waals surface area (Å²) in [7, 11) is 0. The van der Waals surface area contributed by atoms with Crippen LogP contribution in [-0.4, -0.2) is 11.2 Å². The summed E-state index contributed by atoms with van der Waals surface area (Å²) in [6.45, 7) is 0. The van der Waals surface area contributed by atoms with E-state index < -0.39 is 6.10 Å². The van der Waals surface area contributed by atoms with E-state index in [9.17, 15) is 9.50 Å². The molecule has 0 radical (unpaired) electrons. The maximum absolute atomic E-state index is 12.5. The number of hydrogen-bond donors (Lipinski definition) is 1. The first-order valence-corrected chi connectivity index (χ1v) is 4.21. The fourth-order valence-corrected chi connectivity index (χ4v) is 0.958. The zero-order valence-corrected chi connectivity index (χ0v) is 7.52. The van der Waals surface area contributed by atoms with E-state index in [0.717, 1.165) is 5.56 Å². The highest BCUT2D eigenvalue weighted by Crippen LogP contribution is 2.05. The molecule has 2 nitrogen and oxygen atoms in total. The number of halogens is 1. The third kappa shape index (κ3) is 3.38. The van der Waals surface area contributed by atoms with E-state index in [1.807, 2.05) is 6.07 Å². The Balaban J connectivity index is 2.60. The molecule has 1 rings (SSSR count). The minimum Gasteiger partial charge on any atom is -0.388 e. The SMILES string of the molecule is N#CCC(O)/C=C/c1ccc(F)cc1. The largest absolute Gasteiger partial charge is 0.388 e. The van der Waals surface area contributed by atoms with Gasteiger partial charge in [0, 0.05) is 0 Å². The lowest BCUT2D eigenvalue weighted by atomic mass is 10.1. The minimum absolute atomic E-state index is 0.0672. The fraction of sp³-hybridized carbons (Fsp3) is 0.182. The molecule has 14 heavy (non-hydrogen) atoms. The molecule has 0 aromatic heterocycles. The molecule has 1 aromatic carbocycles. The second-order valence-corrected chi connectivity index (χ2v) is 2.84. The van der Waals surface area contributed by atoms with Crippen LogP contribution in [0.5, 0.6) is 0 Å². The van der Waals surface area contributed by atoms with Gasteiger partial charge in [-0.3, -0.25) is 0 Å². The van der Waals surface area contributed by atoms with E-state index >= 15 is 0 Å². The predicted octanol–water partition coefficient (Wildman–Crippen LogP) is 2.11. The third-order valence-electron chi connectivity index (χ3n) is 1.68. The van der Waals surface area contributed by atoms with Crippen molar-refractivity contribution < 1.29 is 9.50 Å². The van der Waals surface area contributed by atoms with Crippen LogP contribution in [0.1, 0.15) is 12.0 Å². The number of hydrogen-bond acceptors (Lipinski definition) is 2. The lowest BCUT2D eigenvalue weighted by molar-refractivity contribution is 0.229. The van der Waals surface area contributed by atoms with Crippen molar-refractivity contribution in [3.05, 3.63) is 41.7 Å². The summed E-state index contributed by atoms with van der Waals surface area (Å²) < 4.78 is 12.5. The normalized spacial score (nSPS) is 12.6. The Kier molecular flexibility index (Phi) is 3.84. The molecule has 72 valence electrons. The standard InChI is InChI=1S/C11H10FNO/c12-10-4-1-9(2-5-10)3-6-11(14)7-8-13/h1-6,11,14H,7H2/b6-3+. The highest BCUT2D eigenvalue weighted by Gasteiger charge is 1.96. The van der Waals surface area contributed by atoms with Gasteiger partial charge < -0.3 is 5.11 Å². The van der Waals surface area contributed by atoms with Gasteiger partial charge in [-0.05, 0) is 17.7 Å². The second kappa shape index (κ2) is 5.15. The Hall–Kier alpha value is -1.66. The number of nitrogens with zero attached hydrogens (tertiary/aromatic N) is 1. The molecule has 0 aliphatic carbocycles. The van der Waals surface area contributed by atoms with Gasteiger partial charge in [0.05, 0.1) is 18.6 Å². The highest BCUT2D eigenvalue weighted by atomic mass is 19.1. The first kappa shape index (κ1) is 10.4. The van der Waals surface area contributed by atoms with Crippen molar-refractivity contribution in [3.63, 3.8) is 0 Å². The van der Waals surface area contributed by atoms with Crippen LogP contribution in [0.3, 0.4) is 0 Å². The molecular weight excluding hydrogens is 181 g/mol. The van der Waals surface area contributed by atoms with Crippen molar-refractivity contribution in [2.24, 2.45) is 0 Å². The molecule has 3 heteroatoms. The molecule has 1 atom stereocenters. The third-order valence-corrected chi connectivity index (χ3v) is 1.68. The molecule has 1 aromatic rings. The van der Waals surface area contributed by atoms with Gasteiger partial charge >= 0.3 is 0 Å². The fourth-order valence-electron chi connectivity index (χ4n) is 0.958. The van der Waals surface area contributed by atoms with Crippen LogP contribution in [-0.2, 0) is 0 Å². The average Bonchev–Trinajstić information content (AvgIpc) is 2.17. The highest BCUT2D eigenvalue weighted by molar-refractivity contribution is 5.49. The molecule has 0 saturated heterocycles. The quantitative estimate of drug-likeness (QED) is 0.795. The summed E-state index contributed by atoms with van der Waals surface area (Å²) in [6.07, 6.45) is 2.47. The summed E-state index contributed by atoms with van der Waals surface area (Å²) >= 11 is 0. The van der Waals surface area contributed by atoms with E-state index in [-0.39, 0.29) is 12.2 Å². The van der Waals surface area contributed by atoms with Gasteiger partial charge in [-0.15, -0.1) is 0 Å². The Morgan fingerprint density at radius 2 is 2.07 bits per heavy atom. The van der Waals surface area contributed by atoms with Gasteiger partial charge in [0.2, 0.25) is 0 Å². The summed E-state index contributed by atoms with van der Waals surface area (Å²) in [6, 6.07) is 7.74. The van der Waals surface area contributed by atoms with Crippen molar-refractivity contribution in [2.45, 2.75) is 12.5 Å². The van der Waals surface area contributed by atoms with Crippen LogP contribution >= 0.6 is 0 Å². The molecule has 0 aliphatic heterocycles. The van der Waals surface area contributed by atoms with Crippen molar-refractivity contribution in [2.75, 3.05) is 0 Å². The molecule has 0 heterocycles. The van der Waals surface area contributed by atoms with Gasteiger partial charge in [0.15, 0.2) is 0 Å². The number of benzene rings is 1. The van der Waals surface area contributed by atoms with Gasteiger partial charge in [-0.2, -0.15) is 5.26 Å². The zero-order valence-electron chi connectivity index (χ0n) is 7.52. The van der Waals surface area contributed by atoms with E-state index in [1.165, 1.54) is 18.2 Å². The molecule has 0 fully saturated rings. The van der Waals surface area contributed by atoms with Crippen molar-refractivity contribution in [3.8, 4) is 6.07 Å². The Morgan fingerprint density at radius 3 is 2.64 bits per heavy atom. The number of aliphatic hydroxyl groups is 1. The van der Waals surface area contributed by atoms with Crippen LogP contribution in [0.15, 0.2) is 30.3 Å². The lowest BCUT2D eigenvalue weighted by Crippen LogP contribution is -1.98. The maximum atomic E-state index is 12.5. The van der Waals surface area contributed by atoms with Gasteiger partial charge in [-0.25, -0.2) is 4.39 Å². The number of aliphatic hydroxyl groups excluding tert-OH is 1. The summed E-state index contributed by atoms with van der Waals surface area (Å²) in [5.74, 6) is -0.292. The van der Waals surface area contributed by atoms with Gasteiger partial charge in [0.1, 0.15) is 5.82 Å². The maximum Gasteiger partial charge on any atom is 0.123 e. The van der Waals surface area contributed by atoms with Crippen molar-refractivity contribution >= 4 is 6.08 Å². The molecule has 1 unspecified atom stereocenters. The Morgan fingerprint density at radius 1 is 1.43 bits per heavy atom. The average molecular weight is 191 g/mol. The van der Waals surface area contributed by atoms with Crippen LogP contribution in [0.4, 0.5) is 4.39 Å². The van der Waals surface area contributed by atoms with Crippen LogP contribution in [0, 0.1) is 17.1 Å². The topological polar surface area (TPSA) is 44.0 Å². The molecule has 0 amide bonds. The number of rotatable bonds is 3. The summed E-state index contributed by atoms with van der Waals surface area (Å²) in [4.78, 5) is 0.